The summed E-state index contributed by atoms with van der Waals surface area (Å²) in [6.07, 6.45) is 10.2. The van der Waals surface area contributed by atoms with Gasteiger partial charge in [-0.25, -0.2) is 0 Å². The van der Waals surface area contributed by atoms with Gasteiger partial charge in [-0.3, -0.25) is 0 Å². The van der Waals surface area contributed by atoms with E-state index < -0.39 is 0 Å². The van der Waals surface area contributed by atoms with E-state index in [1.165, 1.54) is 50.5 Å². The Labute approximate surface area is 152 Å². The van der Waals surface area contributed by atoms with Crippen LogP contribution in [0, 0.1) is 0 Å². The highest BCUT2D eigenvalue weighted by Gasteiger charge is 2.41. The second kappa shape index (κ2) is 9.53. The lowest BCUT2D eigenvalue weighted by molar-refractivity contribution is 0.220. The van der Waals surface area contributed by atoms with Crippen molar-refractivity contribution in [2.45, 2.75) is 63.7 Å². The molecule has 0 atom stereocenters. The van der Waals surface area contributed by atoms with Crippen molar-refractivity contribution in [3.8, 4) is 11.5 Å². The zero-order valence-electron chi connectivity index (χ0n) is 14.9. The summed E-state index contributed by atoms with van der Waals surface area (Å²) in [6, 6.07) is 6.41. The highest BCUT2D eigenvalue weighted by Crippen LogP contribution is 2.45. The van der Waals surface area contributed by atoms with Gasteiger partial charge in [-0.05, 0) is 50.6 Å². The molecule has 1 fully saturated rings. The van der Waals surface area contributed by atoms with Crippen molar-refractivity contribution in [2.24, 2.45) is 0 Å². The fraction of sp³-hybridized carbons (Fsp3) is 0.700. The van der Waals surface area contributed by atoms with E-state index in [0.29, 0.717) is 0 Å². The fourth-order valence-corrected chi connectivity index (χ4v) is 3.82. The second-order valence-electron chi connectivity index (χ2n) is 7.09. The van der Waals surface area contributed by atoms with Crippen LogP contribution in [-0.4, -0.2) is 26.3 Å². The van der Waals surface area contributed by atoms with E-state index in [1.807, 2.05) is 0 Å². The van der Waals surface area contributed by atoms with Crippen molar-refractivity contribution in [3.63, 3.8) is 0 Å². The predicted octanol–water partition coefficient (Wildman–Crippen LogP) is 4.86. The molecule has 0 aromatic heterocycles. The van der Waals surface area contributed by atoms with E-state index in [9.17, 15) is 0 Å². The molecule has 2 aliphatic heterocycles. The van der Waals surface area contributed by atoms with Crippen molar-refractivity contribution in [2.75, 3.05) is 26.3 Å². The molecular weight excluding hydrogens is 322 g/mol. The molecule has 2 aliphatic rings. The van der Waals surface area contributed by atoms with Crippen LogP contribution in [0.15, 0.2) is 18.2 Å². The van der Waals surface area contributed by atoms with Crippen LogP contribution in [-0.2, 0) is 5.41 Å². The number of nitrogens with one attached hydrogen (secondary N) is 1. The van der Waals surface area contributed by atoms with E-state index in [0.717, 1.165) is 44.2 Å². The van der Waals surface area contributed by atoms with Gasteiger partial charge in [0, 0.05) is 11.0 Å². The molecule has 1 saturated heterocycles. The molecule has 3 nitrogen and oxygen atoms in total. The third-order valence-electron chi connectivity index (χ3n) is 5.35. The van der Waals surface area contributed by atoms with E-state index in [1.54, 1.807) is 0 Å². The standard InChI is InChI=1S/C20H31NO2.ClH/c1-2-3-4-5-6-7-14-22-17-8-9-19-18(15-17)20(16-23-19)10-12-21-13-11-20;/h8-9,15,21H,2-7,10-14,16H2,1H3;1H. The van der Waals surface area contributed by atoms with Gasteiger partial charge in [0.2, 0.25) is 0 Å². The summed E-state index contributed by atoms with van der Waals surface area (Å²) in [5.74, 6) is 2.08. The van der Waals surface area contributed by atoms with E-state index in [4.69, 9.17) is 9.47 Å². The number of ether oxygens (including phenoxy) is 2. The number of rotatable bonds is 8. The van der Waals surface area contributed by atoms with Gasteiger partial charge in [0.05, 0.1) is 13.2 Å². The van der Waals surface area contributed by atoms with Crippen LogP contribution in [0.1, 0.15) is 63.9 Å². The maximum atomic E-state index is 6.00. The minimum absolute atomic E-state index is 0. The van der Waals surface area contributed by atoms with Gasteiger partial charge < -0.3 is 14.8 Å². The Morgan fingerprint density at radius 2 is 1.83 bits per heavy atom. The Morgan fingerprint density at radius 3 is 2.62 bits per heavy atom. The molecular formula is C20H32ClNO2. The SMILES string of the molecule is CCCCCCCCOc1ccc2c(c1)C1(CCNCC1)CO2.Cl. The molecule has 0 bridgehead atoms. The van der Waals surface area contributed by atoms with E-state index in [-0.39, 0.29) is 17.8 Å². The van der Waals surface area contributed by atoms with Crippen LogP contribution in [0.5, 0.6) is 11.5 Å². The average Bonchev–Trinajstić information content (AvgIpc) is 2.93. The third kappa shape index (κ3) is 4.58. The maximum Gasteiger partial charge on any atom is 0.123 e. The molecule has 24 heavy (non-hydrogen) atoms. The van der Waals surface area contributed by atoms with Crippen molar-refractivity contribution >= 4 is 12.4 Å². The van der Waals surface area contributed by atoms with Gasteiger partial charge in [-0.2, -0.15) is 0 Å². The molecule has 1 N–H and O–H groups in total. The minimum Gasteiger partial charge on any atom is -0.494 e. The Bertz CT molecular complexity index is 495. The summed E-state index contributed by atoms with van der Waals surface area (Å²) in [6.45, 7) is 6.11. The third-order valence-corrected chi connectivity index (χ3v) is 5.35. The zero-order valence-corrected chi connectivity index (χ0v) is 15.8. The van der Waals surface area contributed by atoms with Gasteiger partial charge in [-0.1, -0.05) is 39.0 Å². The first-order valence-electron chi connectivity index (χ1n) is 9.45. The molecule has 0 aliphatic carbocycles. The molecule has 3 rings (SSSR count). The molecule has 1 aromatic rings. The van der Waals surface area contributed by atoms with Crippen molar-refractivity contribution in [3.05, 3.63) is 23.8 Å². The zero-order chi connectivity index (χ0) is 16.0. The summed E-state index contributed by atoms with van der Waals surface area (Å²) in [5.41, 5.74) is 1.60. The quantitative estimate of drug-likeness (QED) is 0.677. The summed E-state index contributed by atoms with van der Waals surface area (Å²) < 4.78 is 11.9. The molecule has 0 amide bonds. The number of benzene rings is 1. The van der Waals surface area contributed by atoms with Crippen molar-refractivity contribution < 1.29 is 9.47 Å². The summed E-state index contributed by atoms with van der Waals surface area (Å²) in [4.78, 5) is 0. The smallest absolute Gasteiger partial charge is 0.123 e. The number of hydrogen-bond donors (Lipinski definition) is 1. The number of piperidine rings is 1. The van der Waals surface area contributed by atoms with Crippen LogP contribution in [0.2, 0.25) is 0 Å². The maximum absolute atomic E-state index is 6.00. The van der Waals surface area contributed by atoms with Crippen molar-refractivity contribution in [1.29, 1.82) is 0 Å². The lowest BCUT2D eigenvalue weighted by atomic mass is 9.75. The minimum atomic E-state index is 0. The largest absolute Gasteiger partial charge is 0.494 e. The number of fused-ring (bicyclic) bond motifs is 2. The summed E-state index contributed by atoms with van der Waals surface area (Å²) >= 11 is 0. The van der Waals surface area contributed by atoms with Crippen LogP contribution in [0.4, 0.5) is 0 Å². The molecule has 4 heteroatoms. The number of unbranched alkanes of at least 4 members (excludes halogenated alkanes) is 5. The van der Waals surface area contributed by atoms with Gasteiger partial charge >= 0.3 is 0 Å². The Hall–Kier alpha value is -0.930. The fourth-order valence-electron chi connectivity index (χ4n) is 3.82. The van der Waals surface area contributed by atoms with Crippen LogP contribution < -0.4 is 14.8 Å². The molecule has 0 radical (unpaired) electrons. The topological polar surface area (TPSA) is 30.5 Å². The highest BCUT2D eigenvalue weighted by molar-refractivity contribution is 5.85. The molecule has 136 valence electrons. The molecule has 1 aromatic carbocycles. The predicted molar refractivity (Wildman–Crippen MR) is 102 cm³/mol. The Balaban J connectivity index is 0.00000208. The number of halogens is 1. The normalized spacial score (nSPS) is 17.9. The van der Waals surface area contributed by atoms with Crippen LogP contribution >= 0.6 is 12.4 Å². The lowest BCUT2D eigenvalue weighted by Gasteiger charge is -2.32. The van der Waals surface area contributed by atoms with Gasteiger partial charge in [-0.15, -0.1) is 12.4 Å². The van der Waals surface area contributed by atoms with Crippen LogP contribution in [0.25, 0.3) is 0 Å². The van der Waals surface area contributed by atoms with E-state index >= 15 is 0 Å². The lowest BCUT2D eigenvalue weighted by Crippen LogP contribution is -2.40. The molecule has 0 saturated carbocycles. The van der Waals surface area contributed by atoms with Crippen LogP contribution in [0.3, 0.4) is 0 Å². The monoisotopic (exact) mass is 353 g/mol. The molecule has 2 heterocycles. The summed E-state index contributed by atoms with van der Waals surface area (Å²) in [7, 11) is 0. The first-order valence-corrected chi connectivity index (χ1v) is 9.45. The summed E-state index contributed by atoms with van der Waals surface area (Å²) in [5, 5.41) is 3.46. The highest BCUT2D eigenvalue weighted by atomic mass is 35.5. The molecule has 1 spiro atoms. The van der Waals surface area contributed by atoms with Gasteiger partial charge in [0.15, 0.2) is 0 Å². The second-order valence-corrected chi connectivity index (χ2v) is 7.09. The Kier molecular flexibility index (Phi) is 7.70. The van der Waals surface area contributed by atoms with Crippen molar-refractivity contribution in [1.82, 2.24) is 5.32 Å². The number of hydrogen-bond acceptors (Lipinski definition) is 3. The van der Waals surface area contributed by atoms with Gasteiger partial charge in [0.1, 0.15) is 11.5 Å². The first-order chi connectivity index (χ1) is 11.3. The Morgan fingerprint density at radius 1 is 1.08 bits per heavy atom. The average molecular weight is 354 g/mol. The van der Waals surface area contributed by atoms with Gasteiger partial charge in [0.25, 0.3) is 0 Å². The first kappa shape index (κ1) is 19.4. The van der Waals surface area contributed by atoms with E-state index in [2.05, 4.69) is 30.4 Å². The molecule has 0 unspecified atom stereocenters.